The quantitative estimate of drug-likeness (QED) is 0.123. The molecule has 9 heteroatoms. The highest BCUT2D eigenvalue weighted by Crippen LogP contribution is 2.21. The number of hydrogen-bond acceptors (Lipinski definition) is 4. The second-order valence-electron chi connectivity index (χ2n) is 7.35. The summed E-state index contributed by atoms with van der Waals surface area (Å²) in [6.45, 7) is 8.94. The Bertz CT molecular complexity index is 726. The summed E-state index contributed by atoms with van der Waals surface area (Å²) in [4.78, 5) is 29.1. The molecule has 1 heterocycles. The summed E-state index contributed by atoms with van der Waals surface area (Å²) in [5.74, 6) is 1.31. The highest BCUT2D eigenvalue weighted by Gasteiger charge is 2.27. The van der Waals surface area contributed by atoms with Gasteiger partial charge in [0, 0.05) is 25.2 Å². The van der Waals surface area contributed by atoms with Crippen LogP contribution < -0.4 is 20.7 Å². The average Bonchev–Trinajstić information content (AvgIpc) is 3.05. The van der Waals surface area contributed by atoms with Crippen LogP contribution in [0.2, 0.25) is 0 Å². The van der Waals surface area contributed by atoms with Gasteiger partial charge in [-0.15, -0.1) is 24.0 Å². The number of ether oxygens (including phenoxy) is 1. The van der Waals surface area contributed by atoms with Crippen LogP contribution in [0.5, 0.6) is 5.75 Å². The van der Waals surface area contributed by atoms with Crippen LogP contribution in [0, 0.1) is 6.92 Å². The van der Waals surface area contributed by atoms with Gasteiger partial charge in [0.1, 0.15) is 5.75 Å². The van der Waals surface area contributed by atoms with Crippen molar-refractivity contribution in [2.45, 2.75) is 53.0 Å². The van der Waals surface area contributed by atoms with Crippen LogP contribution >= 0.6 is 24.0 Å². The number of imide groups is 1. The third-order valence-electron chi connectivity index (χ3n) is 4.79. The van der Waals surface area contributed by atoms with Crippen LogP contribution in [0.25, 0.3) is 0 Å². The first-order valence-corrected chi connectivity index (χ1v) is 10.9. The van der Waals surface area contributed by atoms with Gasteiger partial charge in [-0.2, -0.15) is 0 Å². The maximum Gasteiger partial charge on any atom is 0.324 e. The predicted molar refractivity (Wildman–Crippen MR) is 134 cm³/mol. The van der Waals surface area contributed by atoms with Gasteiger partial charge in [-0.3, -0.25) is 9.69 Å². The zero-order chi connectivity index (χ0) is 21.8. The molecular formula is C22H36IN5O3. The van der Waals surface area contributed by atoms with Gasteiger partial charge in [0.05, 0.1) is 19.7 Å². The molecule has 0 aromatic heterocycles. The topological polar surface area (TPSA) is 95.1 Å². The summed E-state index contributed by atoms with van der Waals surface area (Å²) in [6.07, 6.45) is 4.68. The number of guanidine groups is 1. The number of rotatable bonds is 12. The standard InChI is InChI=1S/C22H35N5O3.HI/c1-4-6-7-8-13-30-19-14-17(3)9-10-18(19)15-25-21(23-5-2)24-11-12-27-20(28)16-26-22(27)29;/h9-10,14H,4-8,11-13,15-16H2,1-3H3,(H,26,29)(H2,23,24,25);1H. The van der Waals surface area contributed by atoms with Crippen molar-refractivity contribution in [1.29, 1.82) is 0 Å². The zero-order valence-corrected chi connectivity index (χ0v) is 21.2. The Morgan fingerprint density at radius 1 is 1.19 bits per heavy atom. The third kappa shape index (κ3) is 9.32. The van der Waals surface area contributed by atoms with Crippen LogP contribution in [0.1, 0.15) is 50.7 Å². The lowest BCUT2D eigenvalue weighted by Crippen LogP contribution is -2.43. The molecule has 1 saturated heterocycles. The molecule has 8 nitrogen and oxygen atoms in total. The lowest BCUT2D eigenvalue weighted by molar-refractivity contribution is -0.124. The van der Waals surface area contributed by atoms with Gasteiger partial charge in [-0.25, -0.2) is 9.79 Å². The summed E-state index contributed by atoms with van der Waals surface area (Å²) >= 11 is 0. The Morgan fingerprint density at radius 2 is 2.00 bits per heavy atom. The minimum atomic E-state index is -0.343. The fraction of sp³-hybridized carbons (Fsp3) is 0.591. The molecule has 0 spiro atoms. The molecule has 1 aliphatic heterocycles. The SMILES string of the molecule is CCCCCCOc1cc(C)ccc1CN=C(NCC)NCCN1C(=O)CNC1=O.I. The van der Waals surface area contributed by atoms with Gasteiger partial charge in [0.2, 0.25) is 5.91 Å². The summed E-state index contributed by atoms with van der Waals surface area (Å²) in [5, 5.41) is 8.89. The summed E-state index contributed by atoms with van der Waals surface area (Å²) in [7, 11) is 0. The Kier molecular flexibility index (Phi) is 13.0. The maximum absolute atomic E-state index is 11.7. The number of nitrogens with zero attached hydrogens (tertiary/aromatic N) is 2. The van der Waals surface area contributed by atoms with Crippen molar-refractivity contribution < 1.29 is 14.3 Å². The zero-order valence-electron chi connectivity index (χ0n) is 18.8. The Balaban J connectivity index is 0.00000480. The van der Waals surface area contributed by atoms with Crippen molar-refractivity contribution in [3.8, 4) is 5.75 Å². The number of hydrogen-bond donors (Lipinski definition) is 3. The number of aryl methyl sites for hydroxylation is 1. The number of halogens is 1. The molecule has 3 N–H and O–H groups in total. The van der Waals surface area contributed by atoms with Crippen molar-refractivity contribution in [3.05, 3.63) is 29.3 Å². The molecule has 0 atom stereocenters. The molecule has 0 bridgehead atoms. The van der Waals surface area contributed by atoms with E-state index in [1.807, 2.05) is 6.92 Å². The molecule has 3 amide bonds. The van der Waals surface area contributed by atoms with Crippen molar-refractivity contribution in [1.82, 2.24) is 20.9 Å². The number of urea groups is 1. The van der Waals surface area contributed by atoms with Crippen molar-refractivity contribution in [2.24, 2.45) is 4.99 Å². The van der Waals surface area contributed by atoms with Gasteiger partial charge < -0.3 is 20.7 Å². The van der Waals surface area contributed by atoms with Crippen LogP contribution in [0.3, 0.4) is 0 Å². The normalized spacial score (nSPS) is 13.6. The van der Waals surface area contributed by atoms with Gasteiger partial charge in [-0.1, -0.05) is 38.3 Å². The van der Waals surface area contributed by atoms with Crippen LogP contribution in [0.4, 0.5) is 4.79 Å². The number of carbonyl (C=O) groups is 2. The number of carbonyl (C=O) groups excluding carboxylic acids is 2. The molecule has 31 heavy (non-hydrogen) atoms. The molecule has 1 aliphatic rings. The second kappa shape index (κ2) is 14.9. The monoisotopic (exact) mass is 545 g/mol. The van der Waals surface area contributed by atoms with E-state index < -0.39 is 0 Å². The van der Waals surface area contributed by atoms with Crippen LogP contribution in [0.15, 0.2) is 23.2 Å². The second-order valence-corrected chi connectivity index (χ2v) is 7.35. The first-order chi connectivity index (χ1) is 14.5. The van der Waals surface area contributed by atoms with E-state index in [0.29, 0.717) is 38.7 Å². The number of aliphatic imine (C=N–C) groups is 1. The van der Waals surface area contributed by atoms with Gasteiger partial charge in [-0.05, 0) is 31.9 Å². The Hall–Kier alpha value is -2.04. The fourth-order valence-corrected chi connectivity index (χ4v) is 3.11. The molecule has 1 aromatic rings. The number of benzene rings is 1. The van der Waals surface area contributed by atoms with Crippen LogP contribution in [-0.2, 0) is 11.3 Å². The van der Waals surface area contributed by atoms with Crippen molar-refractivity contribution in [3.63, 3.8) is 0 Å². The Morgan fingerprint density at radius 3 is 2.68 bits per heavy atom. The summed E-state index contributed by atoms with van der Waals surface area (Å²) in [6, 6.07) is 5.83. The summed E-state index contributed by atoms with van der Waals surface area (Å²) in [5.41, 5.74) is 2.19. The van der Waals surface area contributed by atoms with E-state index in [0.717, 1.165) is 23.3 Å². The molecule has 0 radical (unpaired) electrons. The van der Waals surface area contributed by atoms with Crippen molar-refractivity contribution in [2.75, 3.05) is 32.8 Å². The van der Waals surface area contributed by atoms with Crippen molar-refractivity contribution >= 4 is 41.9 Å². The largest absolute Gasteiger partial charge is 0.493 e. The van der Waals surface area contributed by atoms with Gasteiger partial charge in [0.15, 0.2) is 5.96 Å². The lowest BCUT2D eigenvalue weighted by Gasteiger charge is -2.16. The molecular weight excluding hydrogens is 509 g/mol. The maximum atomic E-state index is 11.7. The first-order valence-electron chi connectivity index (χ1n) is 10.9. The van der Waals surface area contributed by atoms with Crippen LogP contribution in [-0.4, -0.2) is 55.6 Å². The predicted octanol–water partition coefficient (Wildman–Crippen LogP) is 3.18. The highest BCUT2D eigenvalue weighted by atomic mass is 127. The van der Waals surface area contributed by atoms with E-state index in [1.165, 1.54) is 24.2 Å². The highest BCUT2D eigenvalue weighted by molar-refractivity contribution is 14.0. The molecule has 0 unspecified atom stereocenters. The van der Waals surface area contributed by atoms with E-state index in [-0.39, 0.29) is 42.5 Å². The smallest absolute Gasteiger partial charge is 0.324 e. The molecule has 174 valence electrons. The first kappa shape index (κ1) is 27.0. The fourth-order valence-electron chi connectivity index (χ4n) is 3.11. The minimum Gasteiger partial charge on any atom is -0.493 e. The number of nitrogens with one attached hydrogen (secondary N) is 3. The molecule has 2 rings (SSSR count). The Labute approximate surface area is 202 Å². The number of amides is 3. The van der Waals surface area contributed by atoms with E-state index in [1.54, 1.807) is 0 Å². The third-order valence-corrected chi connectivity index (χ3v) is 4.79. The van der Waals surface area contributed by atoms with Gasteiger partial charge in [0.25, 0.3) is 0 Å². The van der Waals surface area contributed by atoms with E-state index in [4.69, 9.17) is 4.74 Å². The van der Waals surface area contributed by atoms with E-state index in [9.17, 15) is 9.59 Å². The van der Waals surface area contributed by atoms with Gasteiger partial charge >= 0.3 is 6.03 Å². The molecule has 0 saturated carbocycles. The summed E-state index contributed by atoms with van der Waals surface area (Å²) < 4.78 is 6.03. The molecule has 0 aliphatic carbocycles. The van der Waals surface area contributed by atoms with E-state index >= 15 is 0 Å². The average molecular weight is 545 g/mol. The van der Waals surface area contributed by atoms with E-state index in [2.05, 4.69) is 53.0 Å². The lowest BCUT2D eigenvalue weighted by atomic mass is 10.1. The molecule has 1 aromatic carbocycles. The minimum absolute atomic E-state index is 0. The number of unbranched alkanes of at least 4 members (excludes halogenated alkanes) is 3. The molecule has 1 fully saturated rings.